The van der Waals surface area contributed by atoms with Gasteiger partial charge in [-0.25, -0.2) is 17.2 Å². The van der Waals surface area contributed by atoms with Crippen LogP contribution in [0.5, 0.6) is 0 Å². The number of sulfone groups is 1. The molecule has 0 aromatic heterocycles. The van der Waals surface area contributed by atoms with Crippen LogP contribution in [0.15, 0.2) is 29.2 Å². The Morgan fingerprint density at radius 3 is 2.16 bits per heavy atom. The maximum Gasteiger partial charge on any atom is 0.277 e. The average molecular weight is 400 g/mol. The van der Waals surface area contributed by atoms with Crippen molar-refractivity contribution < 1.29 is 26.8 Å². The number of rotatable bonds is 7. The van der Waals surface area contributed by atoms with E-state index in [4.69, 9.17) is 5.73 Å². The molecule has 0 aliphatic rings. The minimum atomic E-state index is -3.85. The van der Waals surface area contributed by atoms with E-state index < -0.39 is 46.4 Å². The van der Waals surface area contributed by atoms with E-state index in [9.17, 15) is 26.8 Å². The number of hydrogen-bond acceptors (Lipinski definition) is 5. The Hall–Kier alpha value is -1.78. The van der Waals surface area contributed by atoms with Gasteiger partial charge in [0.15, 0.2) is 9.84 Å². The summed E-state index contributed by atoms with van der Waals surface area (Å²) in [5.74, 6) is -5.28. The molecule has 1 aromatic carbocycles. The largest absolute Gasteiger partial charge is 0.348 e. The van der Waals surface area contributed by atoms with Gasteiger partial charge in [0.1, 0.15) is 5.75 Å². The molecule has 0 aliphatic heterocycles. The smallest absolute Gasteiger partial charge is 0.277 e. The van der Waals surface area contributed by atoms with Crippen LogP contribution in [-0.4, -0.2) is 64.0 Å². The Morgan fingerprint density at radius 2 is 1.72 bits per heavy atom. The molecular weight excluding hydrogens is 380 g/mol. The van der Waals surface area contributed by atoms with Crippen molar-refractivity contribution in [1.29, 1.82) is 0 Å². The van der Waals surface area contributed by atoms with Crippen molar-refractivity contribution in [2.75, 3.05) is 32.9 Å². The standard InChI is InChI=1S/C14H19F2N3O4S.ClH/c1-19(2)12(20)7-24(22,23)11-5-3-10(4-6-11)13(21)18-9-14(15,16)8-17;/h3-6H,7-9,17H2,1-2H3,(H,18,21);1H. The Morgan fingerprint density at radius 1 is 1.20 bits per heavy atom. The quantitative estimate of drug-likeness (QED) is 0.685. The van der Waals surface area contributed by atoms with Gasteiger partial charge in [0, 0.05) is 19.7 Å². The molecule has 7 nitrogen and oxygen atoms in total. The van der Waals surface area contributed by atoms with E-state index in [-0.39, 0.29) is 22.9 Å². The lowest BCUT2D eigenvalue weighted by atomic mass is 10.2. The summed E-state index contributed by atoms with van der Waals surface area (Å²) in [5, 5.41) is 2.02. The van der Waals surface area contributed by atoms with Crippen LogP contribution in [0.4, 0.5) is 8.78 Å². The molecular formula is C14H20ClF2N3O4S. The summed E-state index contributed by atoms with van der Waals surface area (Å²) < 4.78 is 50.1. The Balaban J connectivity index is 0.00000576. The zero-order chi connectivity index (χ0) is 18.5. The van der Waals surface area contributed by atoms with E-state index in [2.05, 4.69) is 0 Å². The first-order valence-corrected chi connectivity index (χ1v) is 8.53. The van der Waals surface area contributed by atoms with Crippen LogP contribution in [0.3, 0.4) is 0 Å². The molecule has 0 heterocycles. The van der Waals surface area contributed by atoms with E-state index >= 15 is 0 Å². The number of amides is 2. The topological polar surface area (TPSA) is 110 Å². The van der Waals surface area contributed by atoms with Gasteiger partial charge in [0.05, 0.1) is 18.0 Å². The Labute approximate surface area is 150 Å². The number of nitrogens with one attached hydrogen (secondary N) is 1. The minimum absolute atomic E-state index is 0. The van der Waals surface area contributed by atoms with Gasteiger partial charge >= 0.3 is 0 Å². The van der Waals surface area contributed by atoms with E-state index in [0.717, 1.165) is 17.0 Å². The first kappa shape index (κ1) is 23.2. The summed E-state index contributed by atoms with van der Waals surface area (Å²) in [6, 6.07) is 4.66. The lowest BCUT2D eigenvalue weighted by Crippen LogP contribution is -2.41. The summed E-state index contributed by atoms with van der Waals surface area (Å²) in [5.41, 5.74) is 4.88. The predicted molar refractivity (Wildman–Crippen MR) is 90.8 cm³/mol. The number of carbonyl (C=O) groups excluding carboxylic acids is 2. The first-order valence-electron chi connectivity index (χ1n) is 6.87. The van der Waals surface area contributed by atoms with Gasteiger partial charge in [-0.2, -0.15) is 0 Å². The molecule has 0 fully saturated rings. The molecule has 2 amide bonds. The van der Waals surface area contributed by atoms with Gasteiger partial charge in [0.25, 0.3) is 11.8 Å². The highest BCUT2D eigenvalue weighted by Crippen LogP contribution is 2.14. The number of halogens is 3. The fourth-order valence-corrected chi connectivity index (χ4v) is 2.87. The number of nitrogens with two attached hydrogens (primary N) is 1. The van der Waals surface area contributed by atoms with E-state index in [1.165, 1.54) is 26.2 Å². The molecule has 0 atom stereocenters. The van der Waals surface area contributed by atoms with Crippen LogP contribution < -0.4 is 11.1 Å². The van der Waals surface area contributed by atoms with Crippen molar-refractivity contribution in [1.82, 2.24) is 10.2 Å². The monoisotopic (exact) mass is 399 g/mol. The molecule has 1 rings (SSSR count). The predicted octanol–water partition coefficient (Wildman–Crippen LogP) is 0.294. The highest BCUT2D eigenvalue weighted by atomic mass is 35.5. The second kappa shape index (κ2) is 9.07. The van der Waals surface area contributed by atoms with Gasteiger partial charge in [-0.15, -0.1) is 12.4 Å². The lowest BCUT2D eigenvalue weighted by molar-refractivity contribution is -0.125. The summed E-state index contributed by atoms with van der Waals surface area (Å²) >= 11 is 0. The number of nitrogens with zero attached hydrogens (tertiary/aromatic N) is 1. The highest BCUT2D eigenvalue weighted by Gasteiger charge is 2.27. The summed E-state index contributed by atoms with van der Waals surface area (Å²) in [6.45, 7) is -1.82. The fraction of sp³-hybridized carbons (Fsp3) is 0.429. The average Bonchev–Trinajstić information content (AvgIpc) is 2.52. The first-order chi connectivity index (χ1) is 11.0. The molecule has 0 unspecified atom stereocenters. The fourth-order valence-electron chi connectivity index (χ4n) is 1.57. The number of alkyl halides is 2. The second-order valence-corrected chi connectivity index (χ2v) is 7.30. The minimum Gasteiger partial charge on any atom is -0.348 e. The molecule has 0 aliphatic carbocycles. The third-order valence-electron chi connectivity index (χ3n) is 3.09. The van der Waals surface area contributed by atoms with Crippen molar-refractivity contribution in [3.63, 3.8) is 0 Å². The number of hydrogen-bond donors (Lipinski definition) is 2. The lowest BCUT2D eigenvalue weighted by Gasteiger charge is -2.14. The van der Waals surface area contributed by atoms with Crippen molar-refractivity contribution in [3.05, 3.63) is 29.8 Å². The van der Waals surface area contributed by atoms with E-state index in [1.54, 1.807) is 0 Å². The zero-order valence-corrected chi connectivity index (χ0v) is 15.3. The van der Waals surface area contributed by atoms with Gasteiger partial charge in [0.2, 0.25) is 5.91 Å². The Kier molecular flexibility index (Phi) is 8.42. The molecule has 0 saturated heterocycles. The molecule has 0 radical (unpaired) electrons. The van der Waals surface area contributed by atoms with Crippen LogP contribution in [0, 0.1) is 0 Å². The molecule has 1 aromatic rings. The SMILES string of the molecule is CN(C)C(=O)CS(=O)(=O)c1ccc(C(=O)NCC(F)(F)CN)cc1.Cl. The van der Waals surface area contributed by atoms with Crippen molar-refractivity contribution in [2.24, 2.45) is 5.73 Å². The summed E-state index contributed by atoms with van der Waals surface area (Å²) in [6.07, 6.45) is 0. The van der Waals surface area contributed by atoms with Crippen LogP contribution in [0.1, 0.15) is 10.4 Å². The van der Waals surface area contributed by atoms with E-state index in [1.807, 2.05) is 5.32 Å². The van der Waals surface area contributed by atoms with E-state index in [0.29, 0.717) is 0 Å². The molecule has 0 saturated carbocycles. The van der Waals surface area contributed by atoms with Crippen LogP contribution >= 0.6 is 12.4 Å². The van der Waals surface area contributed by atoms with Gasteiger partial charge in [-0.3, -0.25) is 9.59 Å². The number of benzene rings is 1. The molecule has 0 spiro atoms. The Bertz CT molecular complexity index is 709. The van der Waals surface area contributed by atoms with Crippen molar-refractivity contribution in [3.8, 4) is 0 Å². The molecule has 0 bridgehead atoms. The van der Waals surface area contributed by atoms with Crippen LogP contribution in [0.2, 0.25) is 0 Å². The van der Waals surface area contributed by atoms with Crippen LogP contribution in [0.25, 0.3) is 0 Å². The number of carbonyl (C=O) groups is 2. The normalized spacial score (nSPS) is 11.4. The van der Waals surface area contributed by atoms with Crippen molar-refractivity contribution >= 4 is 34.1 Å². The molecule has 3 N–H and O–H groups in total. The second-order valence-electron chi connectivity index (χ2n) is 5.31. The van der Waals surface area contributed by atoms with Gasteiger partial charge in [-0.05, 0) is 24.3 Å². The molecule has 25 heavy (non-hydrogen) atoms. The maximum atomic E-state index is 13.0. The maximum absolute atomic E-state index is 13.0. The highest BCUT2D eigenvalue weighted by molar-refractivity contribution is 7.92. The van der Waals surface area contributed by atoms with Crippen LogP contribution in [-0.2, 0) is 14.6 Å². The third kappa shape index (κ3) is 6.92. The van der Waals surface area contributed by atoms with Gasteiger partial charge in [-0.1, -0.05) is 0 Å². The molecule has 142 valence electrons. The van der Waals surface area contributed by atoms with Gasteiger partial charge < -0.3 is 16.0 Å². The molecule has 11 heteroatoms. The van der Waals surface area contributed by atoms with Crippen molar-refractivity contribution in [2.45, 2.75) is 10.8 Å². The summed E-state index contributed by atoms with van der Waals surface area (Å²) in [7, 11) is -0.980. The third-order valence-corrected chi connectivity index (χ3v) is 4.71. The zero-order valence-electron chi connectivity index (χ0n) is 13.7. The summed E-state index contributed by atoms with van der Waals surface area (Å²) in [4.78, 5) is 24.3.